The van der Waals surface area contributed by atoms with Gasteiger partial charge in [0.1, 0.15) is 11.6 Å². The van der Waals surface area contributed by atoms with Crippen LogP contribution in [-0.2, 0) is 20.9 Å². The minimum absolute atomic E-state index is 0.258. The van der Waals surface area contributed by atoms with Crippen LogP contribution in [-0.4, -0.2) is 41.2 Å². The van der Waals surface area contributed by atoms with Crippen LogP contribution in [0.3, 0.4) is 0 Å². The molecule has 0 radical (unpaired) electrons. The van der Waals surface area contributed by atoms with E-state index in [0.717, 1.165) is 16.3 Å². The number of carbonyl (C=O) groups is 2. The molecule has 1 aliphatic rings. The molecule has 35 heavy (non-hydrogen) atoms. The van der Waals surface area contributed by atoms with Gasteiger partial charge in [-0.05, 0) is 38.5 Å². The molecule has 1 fully saturated rings. The first-order valence-electron chi connectivity index (χ1n) is 11.6. The summed E-state index contributed by atoms with van der Waals surface area (Å²) >= 11 is 0. The molecule has 1 N–H and O–H groups in total. The third-order valence-electron chi connectivity index (χ3n) is 5.82. The summed E-state index contributed by atoms with van der Waals surface area (Å²) in [5.41, 5.74) is 1.45. The summed E-state index contributed by atoms with van der Waals surface area (Å²) in [6, 6.07) is 22.0. The predicted molar refractivity (Wildman–Crippen MR) is 134 cm³/mol. The van der Waals surface area contributed by atoms with Gasteiger partial charge in [0.05, 0.1) is 30.9 Å². The van der Waals surface area contributed by atoms with E-state index in [-0.39, 0.29) is 18.6 Å². The van der Waals surface area contributed by atoms with E-state index in [9.17, 15) is 14.9 Å². The number of nitriles is 1. The Hall–Kier alpha value is -3.89. The molecule has 7 nitrogen and oxygen atoms in total. The second kappa shape index (κ2) is 10.2. The molecule has 0 aliphatic carbocycles. The highest BCUT2D eigenvalue weighted by atomic mass is 16.6. The van der Waals surface area contributed by atoms with Crippen LogP contribution < -0.4 is 5.32 Å². The number of amides is 2. The fourth-order valence-electron chi connectivity index (χ4n) is 4.20. The molecular formula is C28H29N3O4. The Kier molecular flexibility index (Phi) is 7.04. The zero-order valence-electron chi connectivity index (χ0n) is 20.2. The third kappa shape index (κ3) is 5.79. The highest BCUT2D eigenvalue weighted by molar-refractivity contribution is 6.06. The maximum atomic E-state index is 13.4. The van der Waals surface area contributed by atoms with E-state index in [1.807, 2.05) is 54.6 Å². The number of carbonyl (C=O) groups excluding carboxylic acids is 2. The number of nitrogens with zero attached hydrogens (tertiary/aromatic N) is 2. The third-order valence-corrected chi connectivity index (χ3v) is 5.82. The molecule has 1 aliphatic heterocycles. The van der Waals surface area contributed by atoms with Crippen LogP contribution in [0.15, 0.2) is 66.7 Å². The number of nitrogens with one attached hydrogen (secondary N) is 1. The van der Waals surface area contributed by atoms with Crippen LogP contribution in [0.5, 0.6) is 0 Å². The highest BCUT2D eigenvalue weighted by Crippen LogP contribution is 2.29. The summed E-state index contributed by atoms with van der Waals surface area (Å²) in [5.74, 6) is -0.323. The van der Waals surface area contributed by atoms with Crippen molar-refractivity contribution >= 4 is 28.5 Å². The van der Waals surface area contributed by atoms with Gasteiger partial charge < -0.3 is 14.8 Å². The number of benzene rings is 3. The van der Waals surface area contributed by atoms with Gasteiger partial charge in [0.25, 0.3) is 0 Å². The van der Waals surface area contributed by atoms with Gasteiger partial charge in [0, 0.05) is 22.9 Å². The van der Waals surface area contributed by atoms with Gasteiger partial charge in [-0.1, -0.05) is 54.6 Å². The fraction of sp³-hybridized carbons (Fsp3) is 0.321. The van der Waals surface area contributed by atoms with Crippen LogP contribution in [0.1, 0.15) is 38.3 Å². The summed E-state index contributed by atoms with van der Waals surface area (Å²) in [6.45, 7) is 6.03. The Morgan fingerprint density at radius 1 is 1.03 bits per heavy atom. The average molecular weight is 472 g/mol. The molecular weight excluding hydrogens is 442 g/mol. The summed E-state index contributed by atoms with van der Waals surface area (Å²) in [6.07, 6.45) is -0.504. The van der Waals surface area contributed by atoms with Crippen molar-refractivity contribution in [2.75, 3.05) is 11.9 Å². The van der Waals surface area contributed by atoms with E-state index in [1.54, 1.807) is 32.9 Å². The van der Waals surface area contributed by atoms with Gasteiger partial charge in [-0.2, -0.15) is 5.26 Å². The number of hydrogen-bond acceptors (Lipinski definition) is 5. The predicted octanol–water partition coefficient (Wildman–Crippen LogP) is 5.24. The van der Waals surface area contributed by atoms with Gasteiger partial charge >= 0.3 is 6.09 Å². The zero-order chi connectivity index (χ0) is 25.0. The normalized spacial score (nSPS) is 17.7. The molecule has 3 aromatic rings. The lowest BCUT2D eigenvalue weighted by molar-refractivity contribution is -0.120. The summed E-state index contributed by atoms with van der Waals surface area (Å²) in [7, 11) is 0. The Balaban J connectivity index is 1.55. The first-order valence-corrected chi connectivity index (χ1v) is 11.6. The monoisotopic (exact) mass is 471 g/mol. The van der Waals surface area contributed by atoms with E-state index < -0.39 is 17.7 Å². The van der Waals surface area contributed by atoms with Gasteiger partial charge in [0.15, 0.2) is 0 Å². The minimum Gasteiger partial charge on any atom is -0.444 e. The number of fused-ring (bicyclic) bond motifs is 1. The maximum absolute atomic E-state index is 13.4. The Bertz CT molecular complexity index is 1260. The Morgan fingerprint density at radius 3 is 2.40 bits per heavy atom. The van der Waals surface area contributed by atoms with Crippen molar-refractivity contribution in [2.24, 2.45) is 0 Å². The average Bonchev–Trinajstić information content (AvgIpc) is 3.27. The molecule has 2 atom stereocenters. The summed E-state index contributed by atoms with van der Waals surface area (Å²) < 4.78 is 11.6. The van der Waals surface area contributed by atoms with Gasteiger partial charge in [0.2, 0.25) is 5.91 Å². The highest BCUT2D eigenvalue weighted by Gasteiger charge is 2.42. The summed E-state index contributed by atoms with van der Waals surface area (Å²) in [5, 5.41) is 13.9. The molecule has 0 unspecified atom stereocenters. The first-order chi connectivity index (χ1) is 16.7. The number of likely N-dealkylation sites (tertiary alicyclic amines) is 1. The van der Waals surface area contributed by atoms with Gasteiger partial charge in [-0.15, -0.1) is 0 Å². The van der Waals surface area contributed by atoms with Crippen molar-refractivity contribution < 1.29 is 19.1 Å². The number of hydrogen-bond donors (Lipinski definition) is 1. The molecule has 0 bridgehead atoms. The molecule has 0 saturated carbocycles. The molecule has 1 heterocycles. The minimum atomic E-state index is -0.750. The molecule has 0 aromatic heterocycles. The van der Waals surface area contributed by atoms with Crippen molar-refractivity contribution in [3.05, 3.63) is 77.9 Å². The van der Waals surface area contributed by atoms with E-state index in [0.29, 0.717) is 24.3 Å². The maximum Gasteiger partial charge on any atom is 0.411 e. The first kappa shape index (κ1) is 24.2. The van der Waals surface area contributed by atoms with Crippen LogP contribution in [0, 0.1) is 11.3 Å². The molecule has 3 aromatic carbocycles. The molecule has 1 saturated heterocycles. The second-order valence-electron chi connectivity index (χ2n) is 9.61. The number of ether oxygens (including phenoxy) is 2. The molecule has 0 spiro atoms. The van der Waals surface area contributed by atoms with Crippen molar-refractivity contribution in [3.63, 3.8) is 0 Å². The van der Waals surface area contributed by atoms with Crippen LogP contribution in [0.4, 0.5) is 10.5 Å². The topological polar surface area (TPSA) is 91.7 Å². The quantitative estimate of drug-likeness (QED) is 0.549. The summed E-state index contributed by atoms with van der Waals surface area (Å²) in [4.78, 5) is 27.9. The van der Waals surface area contributed by atoms with Crippen molar-refractivity contribution in [2.45, 2.75) is 51.5 Å². The van der Waals surface area contributed by atoms with Crippen LogP contribution in [0.2, 0.25) is 0 Å². The van der Waals surface area contributed by atoms with E-state index >= 15 is 0 Å². The second-order valence-corrected chi connectivity index (χ2v) is 9.61. The van der Waals surface area contributed by atoms with Crippen LogP contribution >= 0.6 is 0 Å². The smallest absolute Gasteiger partial charge is 0.411 e. The number of rotatable bonds is 5. The lowest BCUT2D eigenvalue weighted by atomic mass is 10.0. The molecule has 7 heteroatoms. The SMILES string of the molecule is CC(C)(C)OC(=O)N1C[C@H](OCc2ccccc2)C[C@H]1C(=O)Nc1ccc(C#N)c2ccccc12. The lowest BCUT2D eigenvalue weighted by Crippen LogP contribution is -2.45. The van der Waals surface area contributed by atoms with Crippen molar-refractivity contribution in [1.29, 1.82) is 5.26 Å². The van der Waals surface area contributed by atoms with Gasteiger partial charge in [-0.3, -0.25) is 9.69 Å². The van der Waals surface area contributed by atoms with E-state index in [1.165, 1.54) is 4.90 Å². The van der Waals surface area contributed by atoms with E-state index in [2.05, 4.69) is 11.4 Å². The molecule has 4 rings (SSSR count). The largest absolute Gasteiger partial charge is 0.444 e. The lowest BCUT2D eigenvalue weighted by Gasteiger charge is -2.28. The van der Waals surface area contributed by atoms with Crippen molar-refractivity contribution in [3.8, 4) is 6.07 Å². The van der Waals surface area contributed by atoms with Crippen LogP contribution in [0.25, 0.3) is 10.8 Å². The fourth-order valence-corrected chi connectivity index (χ4v) is 4.20. The Morgan fingerprint density at radius 2 is 1.71 bits per heavy atom. The van der Waals surface area contributed by atoms with E-state index in [4.69, 9.17) is 9.47 Å². The zero-order valence-corrected chi connectivity index (χ0v) is 20.2. The number of anilines is 1. The molecule has 2 amide bonds. The Labute approximate surface area is 205 Å². The molecule has 180 valence electrons. The van der Waals surface area contributed by atoms with Gasteiger partial charge in [-0.25, -0.2) is 4.79 Å². The van der Waals surface area contributed by atoms with Crippen molar-refractivity contribution in [1.82, 2.24) is 4.90 Å². The standard InChI is InChI=1S/C28H29N3O4/c1-28(2,3)35-27(33)31-17-21(34-18-19-9-5-4-6-10-19)15-25(31)26(32)30-24-14-13-20(16-29)22-11-7-8-12-23(22)24/h4-14,21,25H,15,17-18H2,1-3H3,(H,30,32)/t21-,25+/m1/s1.